The van der Waals surface area contributed by atoms with Crippen LogP contribution in [0.3, 0.4) is 0 Å². The highest BCUT2D eigenvalue weighted by molar-refractivity contribution is 6.31. The number of carbonyl (C=O) groups is 1. The molecule has 2 heterocycles. The van der Waals surface area contributed by atoms with Crippen molar-refractivity contribution in [1.29, 1.82) is 5.53 Å². The van der Waals surface area contributed by atoms with E-state index in [4.69, 9.17) is 26.6 Å². The fourth-order valence-corrected chi connectivity index (χ4v) is 4.44. The molecule has 184 valence electrons. The summed E-state index contributed by atoms with van der Waals surface area (Å²) in [7, 11) is 0. The number of halogens is 1. The molecular weight excluding hydrogens is 466 g/mol. The molecule has 35 heavy (non-hydrogen) atoms. The van der Waals surface area contributed by atoms with Crippen molar-refractivity contribution in [2.24, 2.45) is 11.0 Å². The van der Waals surface area contributed by atoms with Crippen molar-refractivity contribution in [3.05, 3.63) is 76.7 Å². The van der Waals surface area contributed by atoms with E-state index in [1.165, 1.54) is 11.8 Å². The van der Waals surface area contributed by atoms with Crippen molar-refractivity contribution in [3.63, 3.8) is 0 Å². The number of rotatable bonds is 9. The quantitative estimate of drug-likeness (QED) is 0.249. The van der Waals surface area contributed by atoms with Gasteiger partial charge in [0.15, 0.2) is 0 Å². The first-order chi connectivity index (χ1) is 17.0. The molecule has 2 aromatic carbocycles. The number of fused-ring (bicyclic) bond motifs is 3. The molecule has 3 aromatic rings. The van der Waals surface area contributed by atoms with E-state index in [0.29, 0.717) is 31.3 Å². The predicted molar refractivity (Wildman–Crippen MR) is 136 cm³/mol. The van der Waals surface area contributed by atoms with E-state index in [1.807, 2.05) is 56.3 Å². The van der Waals surface area contributed by atoms with Gasteiger partial charge in [-0.2, -0.15) is 5.11 Å². The van der Waals surface area contributed by atoms with Crippen molar-refractivity contribution in [2.45, 2.75) is 26.3 Å². The number of H-pyrrole nitrogens is 1. The highest BCUT2D eigenvalue weighted by atomic mass is 35.5. The molecule has 0 saturated heterocycles. The van der Waals surface area contributed by atoms with Gasteiger partial charge in [0.25, 0.3) is 0 Å². The lowest BCUT2D eigenvalue weighted by Crippen LogP contribution is -2.41. The summed E-state index contributed by atoms with van der Waals surface area (Å²) in [5.74, 6) is 0.994. The molecule has 8 nitrogen and oxygen atoms in total. The molecule has 4 rings (SSSR count). The van der Waals surface area contributed by atoms with E-state index in [0.717, 1.165) is 34.3 Å². The van der Waals surface area contributed by atoms with Crippen LogP contribution in [0.1, 0.15) is 36.7 Å². The van der Waals surface area contributed by atoms with Gasteiger partial charge in [-0.05, 0) is 53.8 Å². The fraction of sp³-hybridized carbons (Fsp3) is 0.346. The standard InChI is InChI=1S/C26H30ClN5O3/c1-17(2)16-35-26(33)32-13-9-21-22-15-19(27)5-8-23(22)31-24(21)25(32)18-3-6-20(7-4-18)34-14-12-29-10-11-30-28/h3-8,10-11,15,17,25,28-29,31H,9,12-14,16H2,1-2H3/b11-10-,30-28?. The Bertz CT molecular complexity index is 1210. The number of aromatic nitrogens is 1. The third kappa shape index (κ3) is 5.77. The van der Waals surface area contributed by atoms with Crippen LogP contribution in [-0.2, 0) is 11.2 Å². The maximum atomic E-state index is 13.1. The van der Waals surface area contributed by atoms with Crippen molar-refractivity contribution >= 4 is 28.6 Å². The number of hydrogen-bond acceptors (Lipinski definition) is 6. The zero-order chi connectivity index (χ0) is 24.8. The lowest BCUT2D eigenvalue weighted by atomic mass is 9.92. The van der Waals surface area contributed by atoms with Crippen molar-refractivity contribution in [1.82, 2.24) is 15.2 Å². The first-order valence-corrected chi connectivity index (χ1v) is 12.1. The Balaban J connectivity index is 1.59. The number of amides is 1. The lowest BCUT2D eigenvalue weighted by molar-refractivity contribution is 0.0797. The molecule has 1 aromatic heterocycles. The number of carbonyl (C=O) groups excluding carboxylic acids is 1. The summed E-state index contributed by atoms with van der Waals surface area (Å²) in [6.07, 6.45) is 3.37. The smallest absolute Gasteiger partial charge is 0.410 e. The van der Waals surface area contributed by atoms with Gasteiger partial charge in [-0.1, -0.05) is 37.6 Å². The highest BCUT2D eigenvalue weighted by Gasteiger charge is 2.35. The Morgan fingerprint density at radius 3 is 2.86 bits per heavy atom. The van der Waals surface area contributed by atoms with Crippen LogP contribution in [0.4, 0.5) is 4.79 Å². The van der Waals surface area contributed by atoms with Gasteiger partial charge in [0.2, 0.25) is 0 Å². The second kappa shape index (κ2) is 11.3. The minimum absolute atomic E-state index is 0.260. The van der Waals surface area contributed by atoms with Gasteiger partial charge in [-0.25, -0.2) is 10.3 Å². The summed E-state index contributed by atoms with van der Waals surface area (Å²) in [5, 5.41) is 7.91. The molecule has 0 saturated carbocycles. The van der Waals surface area contributed by atoms with Gasteiger partial charge in [0, 0.05) is 40.9 Å². The van der Waals surface area contributed by atoms with Crippen LogP contribution in [0, 0.1) is 11.4 Å². The summed E-state index contributed by atoms with van der Waals surface area (Å²) in [6.45, 7) is 6.03. The van der Waals surface area contributed by atoms with E-state index in [1.54, 1.807) is 11.1 Å². The summed E-state index contributed by atoms with van der Waals surface area (Å²) < 4.78 is 11.4. The van der Waals surface area contributed by atoms with Gasteiger partial charge in [0.1, 0.15) is 18.4 Å². The molecule has 1 aliphatic heterocycles. The molecule has 3 N–H and O–H groups in total. The number of hydrogen-bond donors (Lipinski definition) is 3. The van der Waals surface area contributed by atoms with Gasteiger partial charge >= 0.3 is 6.09 Å². The van der Waals surface area contributed by atoms with E-state index in [-0.39, 0.29) is 18.1 Å². The molecule has 0 radical (unpaired) electrons. The second-order valence-electron chi connectivity index (χ2n) is 8.84. The van der Waals surface area contributed by atoms with E-state index >= 15 is 0 Å². The van der Waals surface area contributed by atoms with Crippen LogP contribution in [0.15, 0.2) is 60.0 Å². The third-order valence-corrected chi connectivity index (χ3v) is 6.08. The van der Waals surface area contributed by atoms with Gasteiger partial charge in [0.05, 0.1) is 12.8 Å². The SMILES string of the molecule is CC(C)COC(=O)N1CCc2c([nH]c3ccc(Cl)cc23)C1c1ccc(OCCN/C=C\N=N)cc1. The summed E-state index contributed by atoms with van der Waals surface area (Å²) in [5.41, 5.74) is 10.9. The maximum absolute atomic E-state index is 13.1. The van der Waals surface area contributed by atoms with Crippen LogP contribution in [0.25, 0.3) is 10.9 Å². The number of benzene rings is 2. The molecule has 0 bridgehead atoms. The summed E-state index contributed by atoms with van der Waals surface area (Å²) in [6, 6.07) is 13.3. The summed E-state index contributed by atoms with van der Waals surface area (Å²) >= 11 is 6.28. The van der Waals surface area contributed by atoms with Crippen molar-refractivity contribution in [3.8, 4) is 5.75 Å². The van der Waals surface area contributed by atoms with Gasteiger partial charge in [-0.15, -0.1) is 0 Å². The molecule has 0 aliphatic carbocycles. The molecular formula is C26H30ClN5O3. The highest BCUT2D eigenvalue weighted by Crippen LogP contribution is 2.39. The Labute approximate surface area is 209 Å². The normalized spacial score (nSPS) is 15.4. The molecule has 1 unspecified atom stereocenters. The second-order valence-corrected chi connectivity index (χ2v) is 9.28. The van der Waals surface area contributed by atoms with Crippen molar-refractivity contribution in [2.75, 3.05) is 26.3 Å². The maximum Gasteiger partial charge on any atom is 0.410 e. The molecule has 0 spiro atoms. The largest absolute Gasteiger partial charge is 0.492 e. The monoisotopic (exact) mass is 495 g/mol. The molecule has 1 aliphatic rings. The average Bonchev–Trinajstić information content (AvgIpc) is 3.22. The molecule has 1 atom stereocenters. The first kappa shape index (κ1) is 24.6. The fourth-order valence-electron chi connectivity index (χ4n) is 4.27. The Morgan fingerprint density at radius 2 is 2.11 bits per heavy atom. The van der Waals surface area contributed by atoms with Crippen LogP contribution < -0.4 is 10.1 Å². The van der Waals surface area contributed by atoms with E-state index in [2.05, 4.69) is 15.4 Å². The zero-order valence-corrected chi connectivity index (χ0v) is 20.6. The van der Waals surface area contributed by atoms with Crippen LogP contribution >= 0.6 is 11.6 Å². The number of aromatic amines is 1. The van der Waals surface area contributed by atoms with Gasteiger partial charge < -0.3 is 19.8 Å². The number of nitrogens with one attached hydrogen (secondary N) is 3. The third-order valence-electron chi connectivity index (χ3n) is 5.84. The average molecular weight is 496 g/mol. The Hall–Kier alpha value is -3.52. The van der Waals surface area contributed by atoms with E-state index in [9.17, 15) is 4.79 Å². The van der Waals surface area contributed by atoms with Crippen LogP contribution in [-0.4, -0.2) is 42.3 Å². The zero-order valence-electron chi connectivity index (χ0n) is 19.9. The lowest BCUT2D eigenvalue weighted by Gasteiger charge is -2.35. The molecule has 0 fully saturated rings. The van der Waals surface area contributed by atoms with Gasteiger partial charge in [-0.3, -0.25) is 4.90 Å². The predicted octanol–water partition coefficient (Wildman–Crippen LogP) is 6.03. The Morgan fingerprint density at radius 1 is 1.31 bits per heavy atom. The van der Waals surface area contributed by atoms with E-state index < -0.39 is 0 Å². The number of ether oxygens (including phenoxy) is 2. The topological polar surface area (TPSA) is 103 Å². The first-order valence-electron chi connectivity index (χ1n) is 11.7. The minimum Gasteiger partial charge on any atom is -0.492 e. The number of nitrogens with zero attached hydrogens (tertiary/aromatic N) is 2. The molecule has 9 heteroatoms. The minimum atomic E-state index is -0.315. The van der Waals surface area contributed by atoms with Crippen LogP contribution in [0.2, 0.25) is 5.02 Å². The van der Waals surface area contributed by atoms with Crippen molar-refractivity contribution < 1.29 is 14.3 Å². The Kier molecular flexibility index (Phi) is 7.92. The van der Waals surface area contributed by atoms with Crippen LogP contribution in [0.5, 0.6) is 5.75 Å². The molecule has 1 amide bonds. The summed E-state index contributed by atoms with van der Waals surface area (Å²) in [4.78, 5) is 18.4.